The summed E-state index contributed by atoms with van der Waals surface area (Å²) in [6.45, 7) is 1.84. The molecule has 3 nitrogen and oxygen atoms in total. The summed E-state index contributed by atoms with van der Waals surface area (Å²) in [6.07, 6.45) is 1.61. The van der Waals surface area contributed by atoms with E-state index in [0.29, 0.717) is 22.0 Å². The predicted octanol–water partition coefficient (Wildman–Crippen LogP) is 4.11. The first-order chi connectivity index (χ1) is 9.11. The number of nitrogens with zero attached hydrogens (tertiary/aromatic N) is 1. The highest BCUT2D eigenvalue weighted by Gasteiger charge is 2.02. The molecule has 2 aromatic carbocycles. The Balaban J connectivity index is 2.28. The number of rotatable bonds is 3. The number of aryl methyl sites for hydroxylation is 1. The summed E-state index contributed by atoms with van der Waals surface area (Å²) in [7, 11) is 1.56. The highest BCUT2D eigenvalue weighted by atomic mass is 35.5. The van der Waals surface area contributed by atoms with Crippen molar-refractivity contribution in [3.8, 4) is 11.5 Å². The van der Waals surface area contributed by atoms with Crippen LogP contribution in [-0.4, -0.2) is 18.4 Å². The van der Waals surface area contributed by atoms with Crippen LogP contribution in [0.15, 0.2) is 41.4 Å². The topological polar surface area (TPSA) is 41.8 Å². The van der Waals surface area contributed by atoms with Crippen molar-refractivity contribution in [2.24, 2.45) is 4.99 Å². The van der Waals surface area contributed by atoms with E-state index < -0.39 is 0 Å². The zero-order valence-corrected chi connectivity index (χ0v) is 11.5. The first-order valence-corrected chi connectivity index (χ1v) is 6.16. The summed E-state index contributed by atoms with van der Waals surface area (Å²) < 4.78 is 5.07. The fourth-order valence-corrected chi connectivity index (χ4v) is 1.92. The summed E-state index contributed by atoms with van der Waals surface area (Å²) in [4.78, 5) is 4.29. The minimum absolute atomic E-state index is 0.242. The Kier molecular flexibility index (Phi) is 4.07. The minimum Gasteiger partial charge on any atom is -0.507 e. The first-order valence-electron chi connectivity index (χ1n) is 5.78. The third kappa shape index (κ3) is 3.06. The molecule has 0 amide bonds. The van der Waals surface area contributed by atoms with Crippen molar-refractivity contribution in [1.82, 2.24) is 0 Å². The molecule has 0 saturated carbocycles. The molecule has 0 fully saturated rings. The van der Waals surface area contributed by atoms with Crippen molar-refractivity contribution in [3.05, 3.63) is 52.5 Å². The lowest BCUT2D eigenvalue weighted by Crippen LogP contribution is -1.85. The molecule has 0 heterocycles. The Labute approximate surface area is 117 Å². The molecule has 0 unspecified atom stereocenters. The molecule has 2 rings (SSSR count). The average molecular weight is 276 g/mol. The molecular weight excluding hydrogens is 262 g/mol. The van der Waals surface area contributed by atoms with E-state index in [4.69, 9.17) is 16.3 Å². The highest BCUT2D eigenvalue weighted by Crippen LogP contribution is 2.29. The van der Waals surface area contributed by atoms with Crippen LogP contribution in [0.5, 0.6) is 11.5 Å². The molecule has 2 aromatic rings. The molecule has 0 aliphatic rings. The number of para-hydroxylation sites is 1. The quantitative estimate of drug-likeness (QED) is 0.857. The van der Waals surface area contributed by atoms with Gasteiger partial charge in [-0.1, -0.05) is 23.7 Å². The zero-order chi connectivity index (χ0) is 13.8. The number of aliphatic imine (C=N–C) groups is 1. The number of aromatic hydroxyl groups is 1. The minimum atomic E-state index is 0.242. The van der Waals surface area contributed by atoms with Crippen molar-refractivity contribution < 1.29 is 9.84 Å². The molecule has 0 aliphatic carbocycles. The number of hydrogen-bond acceptors (Lipinski definition) is 3. The second-order valence-electron chi connectivity index (χ2n) is 4.09. The summed E-state index contributed by atoms with van der Waals surface area (Å²) in [5, 5.41) is 10.4. The normalized spacial score (nSPS) is 10.9. The van der Waals surface area contributed by atoms with Gasteiger partial charge < -0.3 is 9.84 Å². The lowest BCUT2D eigenvalue weighted by Gasteiger charge is -2.04. The van der Waals surface area contributed by atoms with Gasteiger partial charge in [0.15, 0.2) is 0 Å². The van der Waals surface area contributed by atoms with Crippen molar-refractivity contribution in [1.29, 1.82) is 0 Å². The Bertz CT molecular complexity index is 624. The molecule has 98 valence electrons. The van der Waals surface area contributed by atoms with Gasteiger partial charge in [-0.25, -0.2) is 0 Å². The average Bonchev–Trinajstić information content (AvgIpc) is 2.40. The molecule has 0 bridgehead atoms. The maximum Gasteiger partial charge on any atom is 0.137 e. The summed E-state index contributed by atoms with van der Waals surface area (Å²) in [5.41, 5.74) is 2.19. The van der Waals surface area contributed by atoms with Gasteiger partial charge in [-0.3, -0.25) is 4.99 Å². The molecular formula is C15H14ClNO2. The first kappa shape index (κ1) is 13.4. The molecule has 0 aliphatic heterocycles. The van der Waals surface area contributed by atoms with Crippen LogP contribution in [-0.2, 0) is 0 Å². The summed E-state index contributed by atoms with van der Waals surface area (Å²) >= 11 is 6.02. The van der Waals surface area contributed by atoms with Crippen molar-refractivity contribution >= 4 is 23.5 Å². The highest BCUT2D eigenvalue weighted by molar-refractivity contribution is 6.32. The van der Waals surface area contributed by atoms with E-state index >= 15 is 0 Å². The Morgan fingerprint density at radius 3 is 2.74 bits per heavy atom. The van der Waals surface area contributed by atoms with Gasteiger partial charge in [-0.05, 0) is 36.8 Å². The van der Waals surface area contributed by atoms with E-state index in [1.807, 2.05) is 19.1 Å². The van der Waals surface area contributed by atoms with E-state index in [9.17, 15) is 5.11 Å². The van der Waals surface area contributed by atoms with E-state index in [2.05, 4.69) is 4.99 Å². The van der Waals surface area contributed by atoms with Crippen molar-refractivity contribution in [2.75, 3.05) is 7.11 Å². The lowest BCUT2D eigenvalue weighted by molar-refractivity contribution is 0.415. The molecule has 1 N–H and O–H groups in total. The van der Waals surface area contributed by atoms with Crippen LogP contribution in [0, 0.1) is 6.92 Å². The molecule has 0 saturated heterocycles. The Morgan fingerprint density at radius 2 is 2.05 bits per heavy atom. The van der Waals surface area contributed by atoms with E-state index in [1.165, 1.54) is 0 Å². The van der Waals surface area contributed by atoms with E-state index in [-0.39, 0.29) is 5.75 Å². The van der Waals surface area contributed by atoms with Crippen LogP contribution < -0.4 is 4.74 Å². The SMILES string of the molecule is COc1ccc(N=Cc2cccc(C)c2O)cc1Cl. The van der Waals surface area contributed by atoms with E-state index in [1.54, 1.807) is 37.6 Å². The predicted molar refractivity (Wildman–Crippen MR) is 78.1 cm³/mol. The van der Waals surface area contributed by atoms with Gasteiger partial charge >= 0.3 is 0 Å². The fraction of sp³-hybridized carbons (Fsp3) is 0.133. The van der Waals surface area contributed by atoms with Gasteiger partial charge in [0.2, 0.25) is 0 Å². The Hall–Kier alpha value is -2.00. The molecule has 0 spiro atoms. The summed E-state index contributed by atoms with van der Waals surface area (Å²) in [5.74, 6) is 0.852. The second-order valence-corrected chi connectivity index (χ2v) is 4.50. The fourth-order valence-electron chi connectivity index (χ4n) is 1.67. The standard InChI is InChI=1S/C15H14ClNO2/c1-10-4-3-5-11(15(10)18)9-17-12-6-7-14(19-2)13(16)8-12/h3-9,18H,1-2H3. The maximum absolute atomic E-state index is 9.88. The van der Waals surface area contributed by atoms with Gasteiger partial charge in [0.25, 0.3) is 0 Å². The van der Waals surface area contributed by atoms with Crippen LogP contribution in [0.3, 0.4) is 0 Å². The van der Waals surface area contributed by atoms with Crippen LogP contribution in [0.25, 0.3) is 0 Å². The van der Waals surface area contributed by atoms with Gasteiger partial charge in [-0.2, -0.15) is 0 Å². The molecule has 19 heavy (non-hydrogen) atoms. The lowest BCUT2D eigenvalue weighted by atomic mass is 10.1. The number of halogens is 1. The second kappa shape index (κ2) is 5.76. The number of methoxy groups -OCH3 is 1. The third-order valence-corrected chi connectivity index (χ3v) is 3.05. The van der Waals surface area contributed by atoms with Crippen LogP contribution >= 0.6 is 11.6 Å². The smallest absolute Gasteiger partial charge is 0.137 e. The van der Waals surface area contributed by atoms with Crippen molar-refractivity contribution in [2.45, 2.75) is 6.92 Å². The van der Waals surface area contributed by atoms with Gasteiger partial charge in [0.05, 0.1) is 17.8 Å². The van der Waals surface area contributed by atoms with Crippen LogP contribution in [0.1, 0.15) is 11.1 Å². The molecule has 0 radical (unpaired) electrons. The third-order valence-electron chi connectivity index (χ3n) is 2.76. The van der Waals surface area contributed by atoms with Gasteiger partial charge in [-0.15, -0.1) is 0 Å². The van der Waals surface area contributed by atoms with Crippen LogP contribution in [0.4, 0.5) is 5.69 Å². The number of ether oxygens (including phenoxy) is 1. The molecule has 0 aromatic heterocycles. The number of phenols is 1. The van der Waals surface area contributed by atoms with Gasteiger partial charge in [0, 0.05) is 11.8 Å². The zero-order valence-electron chi connectivity index (χ0n) is 10.7. The van der Waals surface area contributed by atoms with Crippen molar-refractivity contribution in [3.63, 3.8) is 0 Å². The Morgan fingerprint density at radius 1 is 1.26 bits per heavy atom. The van der Waals surface area contributed by atoms with Crippen LogP contribution in [0.2, 0.25) is 5.02 Å². The van der Waals surface area contributed by atoms with E-state index in [0.717, 1.165) is 5.56 Å². The van der Waals surface area contributed by atoms with Gasteiger partial charge in [0.1, 0.15) is 11.5 Å². The largest absolute Gasteiger partial charge is 0.507 e. The maximum atomic E-state index is 9.88. The molecule has 4 heteroatoms. The summed E-state index contributed by atoms with van der Waals surface area (Å²) in [6, 6.07) is 10.8. The molecule has 0 atom stereocenters. The number of phenolic OH excluding ortho intramolecular Hbond substituents is 1. The monoisotopic (exact) mass is 275 g/mol. The number of hydrogen-bond donors (Lipinski definition) is 1. The number of benzene rings is 2.